The van der Waals surface area contributed by atoms with Crippen molar-refractivity contribution < 1.29 is 14.0 Å². The van der Waals surface area contributed by atoms with E-state index in [1.165, 1.54) is 12.1 Å². The monoisotopic (exact) mass is 460 g/mol. The van der Waals surface area contributed by atoms with E-state index in [-0.39, 0.29) is 17.4 Å². The van der Waals surface area contributed by atoms with Crippen LogP contribution >= 0.6 is 11.6 Å². The molecule has 0 unspecified atom stereocenters. The predicted molar refractivity (Wildman–Crippen MR) is 124 cm³/mol. The summed E-state index contributed by atoms with van der Waals surface area (Å²) in [6.45, 7) is 0. The van der Waals surface area contributed by atoms with Crippen LogP contribution in [-0.2, 0) is 12.8 Å². The lowest BCUT2D eigenvalue weighted by molar-refractivity contribution is 0.0992. The third kappa shape index (κ3) is 3.76. The number of nitrogens with zero attached hydrogens (tertiary/aromatic N) is 2. The van der Waals surface area contributed by atoms with Gasteiger partial charge in [-0.2, -0.15) is 5.10 Å². The molecule has 0 aliphatic heterocycles. The fourth-order valence-electron chi connectivity index (χ4n) is 4.13. The zero-order valence-electron chi connectivity index (χ0n) is 17.3. The van der Waals surface area contributed by atoms with E-state index < -0.39 is 5.91 Å². The first-order chi connectivity index (χ1) is 15.9. The molecule has 4 aromatic rings. The standard InChI is InChI=1S/C25H18ClFN4O2/c26-21-4-2-1-3-18(21)25(33)29-16-9-5-14-6-12-19-22(24(28)32)30-31(23(19)20(14)13-16)17-10-7-15(27)8-11-17/h1-5,7-11,13H,6,12H2,(H2,28,32)(H,29,33). The summed E-state index contributed by atoms with van der Waals surface area (Å²) in [6.07, 6.45) is 1.28. The number of aromatic nitrogens is 2. The van der Waals surface area contributed by atoms with E-state index in [1.807, 2.05) is 18.2 Å². The minimum absolute atomic E-state index is 0.186. The first kappa shape index (κ1) is 20.9. The first-order valence-electron chi connectivity index (χ1n) is 10.3. The van der Waals surface area contributed by atoms with Crippen LogP contribution in [0.3, 0.4) is 0 Å². The minimum atomic E-state index is -0.626. The van der Waals surface area contributed by atoms with E-state index in [2.05, 4.69) is 10.4 Å². The fourth-order valence-corrected chi connectivity index (χ4v) is 4.35. The summed E-state index contributed by atoms with van der Waals surface area (Å²) in [5.41, 5.74) is 10.6. The van der Waals surface area contributed by atoms with Gasteiger partial charge in [0.05, 0.1) is 22.0 Å². The average molecular weight is 461 g/mol. The quantitative estimate of drug-likeness (QED) is 0.459. The zero-order valence-corrected chi connectivity index (χ0v) is 18.1. The molecule has 0 bridgehead atoms. The lowest BCUT2D eigenvalue weighted by Crippen LogP contribution is -2.15. The number of hydrogen-bond acceptors (Lipinski definition) is 3. The predicted octanol–water partition coefficient (Wildman–Crippen LogP) is 4.78. The van der Waals surface area contributed by atoms with Gasteiger partial charge < -0.3 is 11.1 Å². The van der Waals surface area contributed by atoms with E-state index in [1.54, 1.807) is 41.1 Å². The molecular formula is C25H18ClFN4O2. The Balaban J connectivity index is 1.61. The number of benzene rings is 3. The minimum Gasteiger partial charge on any atom is -0.364 e. The second kappa shape index (κ2) is 8.18. The van der Waals surface area contributed by atoms with E-state index in [0.29, 0.717) is 40.5 Å². The number of amides is 2. The van der Waals surface area contributed by atoms with Gasteiger partial charge in [0.15, 0.2) is 5.69 Å². The van der Waals surface area contributed by atoms with Gasteiger partial charge in [0.1, 0.15) is 5.82 Å². The number of nitrogens with one attached hydrogen (secondary N) is 1. The van der Waals surface area contributed by atoms with Gasteiger partial charge in [-0.1, -0.05) is 29.8 Å². The Kier molecular flexibility index (Phi) is 5.18. The van der Waals surface area contributed by atoms with Crippen LogP contribution in [0.2, 0.25) is 5.02 Å². The van der Waals surface area contributed by atoms with Crippen LogP contribution in [0.15, 0.2) is 66.7 Å². The summed E-state index contributed by atoms with van der Waals surface area (Å²) >= 11 is 6.16. The van der Waals surface area contributed by atoms with Gasteiger partial charge in [0.2, 0.25) is 0 Å². The summed E-state index contributed by atoms with van der Waals surface area (Å²) in [7, 11) is 0. The van der Waals surface area contributed by atoms with Crippen molar-refractivity contribution in [2.24, 2.45) is 5.73 Å². The zero-order chi connectivity index (χ0) is 23.1. The van der Waals surface area contributed by atoms with Crippen LogP contribution in [-0.4, -0.2) is 21.6 Å². The fraction of sp³-hybridized carbons (Fsp3) is 0.0800. The Morgan fingerprint density at radius 1 is 1.03 bits per heavy atom. The van der Waals surface area contributed by atoms with Crippen molar-refractivity contribution in [1.82, 2.24) is 9.78 Å². The van der Waals surface area contributed by atoms with E-state index in [9.17, 15) is 14.0 Å². The molecular weight excluding hydrogens is 443 g/mol. The molecule has 0 radical (unpaired) electrons. The van der Waals surface area contributed by atoms with Crippen LogP contribution in [0, 0.1) is 5.82 Å². The lowest BCUT2D eigenvalue weighted by atomic mass is 9.88. The van der Waals surface area contributed by atoms with Crippen molar-refractivity contribution >= 4 is 29.1 Å². The molecule has 8 heteroatoms. The second-order valence-electron chi connectivity index (χ2n) is 7.73. The largest absolute Gasteiger partial charge is 0.364 e. The molecule has 3 aromatic carbocycles. The number of anilines is 1. The highest BCUT2D eigenvalue weighted by atomic mass is 35.5. The first-order valence-corrected chi connectivity index (χ1v) is 10.7. The van der Waals surface area contributed by atoms with Gasteiger partial charge in [-0.25, -0.2) is 9.07 Å². The van der Waals surface area contributed by atoms with Crippen molar-refractivity contribution in [3.8, 4) is 16.9 Å². The molecule has 0 spiro atoms. The van der Waals surface area contributed by atoms with Gasteiger partial charge in [-0.15, -0.1) is 0 Å². The molecule has 164 valence electrons. The number of carbonyl (C=O) groups is 2. The van der Waals surface area contributed by atoms with Crippen molar-refractivity contribution in [2.75, 3.05) is 5.32 Å². The lowest BCUT2D eigenvalue weighted by Gasteiger charge is -2.20. The molecule has 1 aliphatic rings. The summed E-state index contributed by atoms with van der Waals surface area (Å²) in [6, 6.07) is 18.2. The third-order valence-corrected chi connectivity index (χ3v) is 6.00. The number of halogens is 2. The van der Waals surface area contributed by atoms with Crippen LogP contribution in [0.5, 0.6) is 0 Å². The molecule has 1 aliphatic carbocycles. The summed E-state index contributed by atoms with van der Waals surface area (Å²) in [5.74, 6) is -1.33. The highest BCUT2D eigenvalue weighted by Gasteiger charge is 2.28. The Bertz CT molecular complexity index is 1410. The van der Waals surface area contributed by atoms with E-state index in [4.69, 9.17) is 17.3 Å². The Morgan fingerprint density at radius 3 is 2.52 bits per heavy atom. The molecule has 3 N–H and O–H groups in total. The number of primary amides is 1. The molecule has 2 amide bonds. The summed E-state index contributed by atoms with van der Waals surface area (Å²) < 4.78 is 15.1. The van der Waals surface area contributed by atoms with Crippen LogP contribution in [0.1, 0.15) is 32.0 Å². The molecule has 1 heterocycles. The van der Waals surface area contributed by atoms with Crippen molar-refractivity contribution in [3.05, 3.63) is 100.0 Å². The third-order valence-electron chi connectivity index (χ3n) is 5.67. The molecule has 0 fully saturated rings. The topological polar surface area (TPSA) is 90.0 Å². The van der Waals surface area contributed by atoms with E-state index >= 15 is 0 Å². The molecule has 1 aromatic heterocycles. The summed E-state index contributed by atoms with van der Waals surface area (Å²) in [5, 5.41) is 7.69. The van der Waals surface area contributed by atoms with Gasteiger partial charge in [-0.05, 0) is 66.9 Å². The van der Waals surface area contributed by atoms with Gasteiger partial charge in [0.25, 0.3) is 11.8 Å². The van der Waals surface area contributed by atoms with Crippen molar-refractivity contribution in [2.45, 2.75) is 12.8 Å². The van der Waals surface area contributed by atoms with Crippen molar-refractivity contribution in [1.29, 1.82) is 0 Å². The number of aryl methyl sites for hydroxylation is 1. The molecule has 0 saturated carbocycles. The Hall–Kier alpha value is -3.97. The number of rotatable bonds is 4. The Labute approximate surface area is 193 Å². The highest BCUT2D eigenvalue weighted by Crippen LogP contribution is 2.38. The van der Waals surface area contributed by atoms with Crippen LogP contribution in [0.25, 0.3) is 16.9 Å². The molecule has 33 heavy (non-hydrogen) atoms. The number of carbonyl (C=O) groups excluding carboxylic acids is 2. The van der Waals surface area contributed by atoms with Gasteiger partial charge in [-0.3, -0.25) is 9.59 Å². The van der Waals surface area contributed by atoms with Gasteiger partial charge >= 0.3 is 0 Å². The van der Waals surface area contributed by atoms with Crippen LogP contribution in [0.4, 0.5) is 10.1 Å². The number of fused-ring (bicyclic) bond motifs is 3. The maximum Gasteiger partial charge on any atom is 0.269 e. The normalized spacial score (nSPS) is 12.1. The van der Waals surface area contributed by atoms with E-state index in [0.717, 1.165) is 16.7 Å². The molecule has 0 atom stereocenters. The van der Waals surface area contributed by atoms with Gasteiger partial charge in [0, 0.05) is 16.8 Å². The maximum atomic E-state index is 13.5. The maximum absolute atomic E-state index is 13.5. The molecule has 6 nitrogen and oxygen atoms in total. The Morgan fingerprint density at radius 2 is 1.79 bits per heavy atom. The molecule has 0 saturated heterocycles. The highest BCUT2D eigenvalue weighted by molar-refractivity contribution is 6.34. The smallest absolute Gasteiger partial charge is 0.269 e. The number of nitrogens with two attached hydrogens (primary N) is 1. The second-order valence-corrected chi connectivity index (χ2v) is 8.14. The van der Waals surface area contributed by atoms with Crippen molar-refractivity contribution in [3.63, 3.8) is 0 Å². The average Bonchev–Trinajstić information content (AvgIpc) is 3.20. The number of hydrogen-bond donors (Lipinski definition) is 2. The SMILES string of the molecule is NC(=O)c1nn(-c2ccc(F)cc2)c2c1CCc1ccc(NC(=O)c3ccccc3Cl)cc1-2. The van der Waals surface area contributed by atoms with Crippen LogP contribution < -0.4 is 11.1 Å². The molecule has 5 rings (SSSR count). The summed E-state index contributed by atoms with van der Waals surface area (Å²) in [4.78, 5) is 24.9.